The third kappa shape index (κ3) is 1.26. The van der Waals surface area contributed by atoms with Gasteiger partial charge in [-0.05, 0) is 12.1 Å². The van der Waals surface area contributed by atoms with Crippen molar-refractivity contribution in [3.05, 3.63) is 35.8 Å². The van der Waals surface area contributed by atoms with Crippen LogP contribution in [-0.4, -0.2) is 12.6 Å². The zero-order valence-corrected chi connectivity index (χ0v) is 7.86. The Balaban J connectivity index is 1.99. The lowest BCUT2D eigenvalue weighted by molar-refractivity contribution is -0.135. The maximum absolute atomic E-state index is 11.3. The minimum atomic E-state index is -0.349. The van der Waals surface area contributed by atoms with Crippen molar-refractivity contribution >= 4 is 5.97 Å². The third-order valence-electron chi connectivity index (χ3n) is 2.33. The first kappa shape index (κ1) is 8.35. The molecule has 1 fully saturated rings. The Kier molecular flexibility index (Phi) is 1.68. The molecule has 76 valence electrons. The zero-order valence-electron chi connectivity index (χ0n) is 7.86. The van der Waals surface area contributed by atoms with Crippen molar-refractivity contribution in [2.24, 2.45) is 0 Å². The van der Waals surface area contributed by atoms with Gasteiger partial charge in [0.25, 0.3) is 0 Å². The summed E-state index contributed by atoms with van der Waals surface area (Å²) in [6, 6.07) is 7.29. The largest absolute Gasteiger partial charge is 0.462 e. The lowest BCUT2D eigenvalue weighted by Gasteiger charge is -1.98. The predicted molar refractivity (Wildman–Crippen MR) is 50.3 cm³/mol. The van der Waals surface area contributed by atoms with E-state index in [0.717, 1.165) is 0 Å². The van der Waals surface area contributed by atoms with E-state index < -0.39 is 0 Å². The topological polar surface area (TPSA) is 44.8 Å². The summed E-state index contributed by atoms with van der Waals surface area (Å²) in [6.07, 6.45) is 0.544. The Bertz CT molecular complexity index is 434. The molecule has 1 aromatic carbocycles. The molecule has 0 aromatic heterocycles. The molecule has 0 atom stereocenters. The van der Waals surface area contributed by atoms with E-state index in [2.05, 4.69) is 0 Å². The molecule has 2 aliphatic heterocycles. The van der Waals surface area contributed by atoms with Crippen molar-refractivity contribution in [3.8, 4) is 11.5 Å². The number of ether oxygens (including phenoxy) is 3. The second-order valence-electron chi connectivity index (χ2n) is 3.30. The van der Waals surface area contributed by atoms with Gasteiger partial charge in [-0.2, -0.15) is 0 Å². The maximum Gasteiger partial charge on any atom is 0.341 e. The monoisotopic (exact) mass is 204 g/mol. The van der Waals surface area contributed by atoms with Crippen molar-refractivity contribution in [3.63, 3.8) is 0 Å². The van der Waals surface area contributed by atoms with E-state index in [1.807, 2.05) is 12.1 Å². The molecule has 0 aliphatic carbocycles. The summed E-state index contributed by atoms with van der Waals surface area (Å²) in [5, 5.41) is 0. The molecule has 3 rings (SSSR count). The maximum atomic E-state index is 11.3. The zero-order chi connectivity index (χ0) is 10.3. The van der Waals surface area contributed by atoms with Crippen LogP contribution < -0.4 is 9.47 Å². The van der Waals surface area contributed by atoms with E-state index in [9.17, 15) is 4.79 Å². The van der Waals surface area contributed by atoms with Crippen LogP contribution >= 0.6 is 0 Å². The quantitative estimate of drug-likeness (QED) is 0.475. The van der Waals surface area contributed by atoms with Crippen LogP contribution in [0, 0.1) is 0 Å². The Hall–Kier alpha value is -1.97. The van der Waals surface area contributed by atoms with Crippen LogP contribution in [-0.2, 0) is 9.53 Å². The van der Waals surface area contributed by atoms with E-state index >= 15 is 0 Å². The molecule has 4 nitrogen and oxygen atoms in total. The van der Waals surface area contributed by atoms with Crippen LogP contribution in [0.15, 0.2) is 35.8 Å². The van der Waals surface area contributed by atoms with Crippen molar-refractivity contribution < 1.29 is 19.0 Å². The average molecular weight is 204 g/mol. The number of hydrogen-bond donors (Lipinski definition) is 0. The minimum absolute atomic E-state index is 0.263. The third-order valence-corrected chi connectivity index (χ3v) is 2.33. The Morgan fingerprint density at radius 2 is 1.73 bits per heavy atom. The van der Waals surface area contributed by atoms with Crippen LogP contribution in [0.3, 0.4) is 0 Å². The van der Waals surface area contributed by atoms with Crippen molar-refractivity contribution in [1.82, 2.24) is 0 Å². The molecule has 0 bridgehead atoms. The number of benzene rings is 1. The van der Waals surface area contributed by atoms with Gasteiger partial charge in [0.15, 0.2) is 11.5 Å². The summed E-state index contributed by atoms with van der Waals surface area (Å²) >= 11 is 0. The van der Waals surface area contributed by atoms with Gasteiger partial charge >= 0.3 is 11.9 Å². The molecule has 4 heteroatoms. The van der Waals surface area contributed by atoms with E-state index in [4.69, 9.17) is 14.2 Å². The molecular weight excluding hydrogens is 196 g/mol. The van der Waals surface area contributed by atoms with Gasteiger partial charge in [0.1, 0.15) is 5.57 Å². The second kappa shape index (κ2) is 3.02. The van der Waals surface area contributed by atoms with Crippen LogP contribution in [0.2, 0.25) is 0 Å². The van der Waals surface area contributed by atoms with Crippen molar-refractivity contribution in [1.29, 1.82) is 0 Å². The van der Waals surface area contributed by atoms with Gasteiger partial charge in [-0.25, -0.2) is 4.79 Å². The molecule has 0 N–H and O–H groups in total. The number of para-hydroxylation sites is 2. The fourth-order valence-corrected chi connectivity index (χ4v) is 1.58. The van der Waals surface area contributed by atoms with Crippen molar-refractivity contribution in [2.45, 2.75) is 6.42 Å². The number of fused-ring (bicyclic) bond motifs is 1. The van der Waals surface area contributed by atoms with E-state index in [-0.39, 0.29) is 11.9 Å². The summed E-state index contributed by atoms with van der Waals surface area (Å²) in [7, 11) is 0. The number of carbonyl (C=O) groups is 1. The summed E-state index contributed by atoms with van der Waals surface area (Å²) in [5.41, 5.74) is 0.478. The highest BCUT2D eigenvalue weighted by atomic mass is 16.7. The van der Waals surface area contributed by atoms with E-state index in [0.29, 0.717) is 30.1 Å². The fourth-order valence-electron chi connectivity index (χ4n) is 1.58. The van der Waals surface area contributed by atoms with Crippen LogP contribution in [0.1, 0.15) is 6.42 Å². The fraction of sp³-hybridized carbons (Fsp3) is 0.182. The highest BCUT2D eigenvalue weighted by molar-refractivity contribution is 5.90. The first-order valence-corrected chi connectivity index (χ1v) is 4.69. The molecule has 0 amide bonds. The van der Waals surface area contributed by atoms with Gasteiger partial charge in [-0.3, -0.25) is 0 Å². The molecule has 0 spiro atoms. The number of cyclic esters (lactones) is 1. The smallest absolute Gasteiger partial charge is 0.341 e. The Morgan fingerprint density at radius 3 is 2.27 bits per heavy atom. The molecule has 0 unspecified atom stereocenters. The van der Waals surface area contributed by atoms with Crippen LogP contribution in [0.4, 0.5) is 0 Å². The summed E-state index contributed by atoms with van der Waals surface area (Å²) in [4.78, 5) is 11.3. The lowest BCUT2D eigenvalue weighted by atomic mass is 10.2. The first-order chi connectivity index (χ1) is 7.34. The molecule has 0 radical (unpaired) electrons. The molecule has 0 saturated carbocycles. The van der Waals surface area contributed by atoms with Gasteiger partial charge in [0.2, 0.25) is 0 Å². The van der Waals surface area contributed by atoms with Crippen LogP contribution in [0.5, 0.6) is 11.5 Å². The van der Waals surface area contributed by atoms with Gasteiger partial charge in [0.05, 0.1) is 6.61 Å². The standard InChI is InChI=1S/C11H8O4/c12-10-7(5-6-13-10)11-14-8-3-1-2-4-9(8)15-11/h1-4H,5-6H2. The second-order valence-corrected chi connectivity index (χ2v) is 3.30. The van der Waals surface area contributed by atoms with Crippen LogP contribution in [0.25, 0.3) is 0 Å². The summed E-state index contributed by atoms with van der Waals surface area (Å²) < 4.78 is 15.7. The van der Waals surface area contributed by atoms with Gasteiger partial charge in [-0.15, -0.1) is 0 Å². The van der Waals surface area contributed by atoms with Gasteiger partial charge in [0, 0.05) is 6.42 Å². The molecule has 2 aliphatic rings. The van der Waals surface area contributed by atoms with E-state index in [1.165, 1.54) is 0 Å². The highest BCUT2D eigenvalue weighted by Gasteiger charge is 2.30. The lowest BCUT2D eigenvalue weighted by Crippen LogP contribution is -2.05. The van der Waals surface area contributed by atoms with Gasteiger partial charge < -0.3 is 14.2 Å². The highest BCUT2D eigenvalue weighted by Crippen LogP contribution is 2.37. The normalized spacial score (nSPS) is 18.3. The SMILES string of the molecule is O=C1OCCC1=C1Oc2ccccc2O1. The van der Waals surface area contributed by atoms with Gasteiger partial charge in [-0.1, -0.05) is 12.1 Å². The molecule has 15 heavy (non-hydrogen) atoms. The number of carbonyl (C=O) groups excluding carboxylic acids is 1. The Morgan fingerprint density at radius 1 is 1.07 bits per heavy atom. The number of rotatable bonds is 0. The predicted octanol–water partition coefficient (Wildman–Crippen LogP) is 1.62. The molecule has 2 heterocycles. The summed E-state index contributed by atoms with van der Waals surface area (Å²) in [6.45, 7) is 0.404. The summed E-state index contributed by atoms with van der Waals surface area (Å²) in [5.74, 6) is 1.19. The first-order valence-electron chi connectivity index (χ1n) is 4.69. The Labute approximate surface area is 86.1 Å². The van der Waals surface area contributed by atoms with E-state index in [1.54, 1.807) is 12.1 Å². The number of esters is 1. The number of hydrogen-bond acceptors (Lipinski definition) is 4. The minimum Gasteiger partial charge on any atom is -0.462 e. The average Bonchev–Trinajstić information content (AvgIpc) is 2.82. The molecule has 1 aromatic rings. The molecular formula is C11H8O4. The van der Waals surface area contributed by atoms with Crippen molar-refractivity contribution in [2.75, 3.05) is 6.61 Å². The molecule has 1 saturated heterocycles.